The molecule has 1 amide bonds. The lowest BCUT2D eigenvalue weighted by molar-refractivity contribution is -0.142. The zero-order valence-electron chi connectivity index (χ0n) is 13.8. The lowest BCUT2D eigenvalue weighted by atomic mass is 9.98. The van der Waals surface area contributed by atoms with Gasteiger partial charge in [0, 0.05) is 26.2 Å². The van der Waals surface area contributed by atoms with E-state index in [-0.39, 0.29) is 35.7 Å². The van der Waals surface area contributed by atoms with Crippen LogP contribution in [-0.2, 0) is 24.3 Å². The van der Waals surface area contributed by atoms with Crippen molar-refractivity contribution >= 4 is 15.9 Å². The number of carbonyl (C=O) groups is 1. The molecular formula is C15H26N2O5S. The Hall–Kier alpha value is -0.700. The molecule has 2 bridgehead atoms. The van der Waals surface area contributed by atoms with Crippen LogP contribution in [0.25, 0.3) is 0 Å². The number of nitrogens with zero attached hydrogens (tertiary/aromatic N) is 2. The number of rotatable bonds is 4. The number of amides is 1. The largest absolute Gasteiger partial charge is 0.378 e. The van der Waals surface area contributed by atoms with Crippen molar-refractivity contribution in [3.8, 4) is 0 Å². The Morgan fingerprint density at radius 1 is 1.22 bits per heavy atom. The van der Waals surface area contributed by atoms with Crippen LogP contribution in [0.15, 0.2) is 0 Å². The number of ether oxygens (including phenoxy) is 2. The van der Waals surface area contributed by atoms with E-state index >= 15 is 0 Å². The van der Waals surface area contributed by atoms with Crippen molar-refractivity contribution in [3.05, 3.63) is 0 Å². The molecule has 0 saturated carbocycles. The van der Waals surface area contributed by atoms with Crippen LogP contribution >= 0.6 is 0 Å². The van der Waals surface area contributed by atoms with E-state index in [1.807, 2.05) is 18.7 Å². The first-order chi connectivity index (χ1) is 10.9. The van der Waals surface area contributed by atoms with Crippen LogP contribution in [0.1, 0.15) is 20.3 Å². The second kappa shape index (κ2) is 6.66. The van der Waals surface area contributed by atoms with Crippen LogP contribution < -0.4 is 0 Å². The predicted molar refractivity (Wildman–Crippen MR) is 84.4 cm³/mol. The van der Waals surface area contributed by atoms with Crippen LogP contribution in [0, 0.1) is 11.8 Å². The van der Waals surface area contributed by atoms with E-state index in [4.69, 9.17) is 9.47 Å². The van der Waals surface area contributed by atoms with Gasteiger partial charge < -0.3 is 14.4 Å². The Kier molecular flexibility index (Phi) is 4.96. The molecule has 3 rings (SSSR count). The molecule has 3 saturated heterocycles. The minimum Gasteiger partial charge on any atom is -0.378 e. The van der Waals surface area contributed by atoms with Gasteiger partial charge in [-0.2, -0.15) is 4.31 Å². The highest BCUT2D eigenvalue weighted by Gasteiger charge is 2.48. The highest BCUT2D eigenvalue weighted by atomic mass is 32.2. The maximum absolute atomic E-state index is 12.7. The molecular weight excluding hydrogens is 320 g/mol. The molecule has 3 aliphatic heterocycles. The van der Waals surface area contributed by atoms with Gasteiger partial charge in [-0.15, -0.1) is 0 Å². The van der Waals surface area contributed by atoms with Gasteiger partial charge in [-0.25, -0.2) is 8.42 Å². The second-order valence-corrected chi connectivity index (χ2v) is 9.08. The number of hydrogen-bond acceptors (Lipinski definition) is 5. The summed E-state index contributed by atoms with van der Waals surface area (Å²) in [6.07, 6.45) is 0.144. The molecule has 3 atom stereocenters. The lowest BCUT2D eigenvalue weighted by Crippen LogP contribution is -2.50. The fourth-order valence-corrected chi connectivity index (χ4v) is 5.48. The zero-order chi connectivity index (χ0) is 16.6. The summed E-state index contributed by atoms with van der Waals surface area (Å²) in [6, 6.07) is 0. The molecule has 0 aliphatic carbocycles. The van der Waals surface area contributed by atoms with Gasteiger partial charge in [-0.3, -0.25) is 4.79 Å². The molecule has 23 heavy (non-hydrogen) atoms. The molecule has 7 nitrogen and oxygen atoms in total. The summed E-state index contributed by atoms with van der Waals surface area (Å²) in [5.41, 5.74) is 0. The summed E-state index contributed by atoms with van der Waals surface area (Å²) >= 11 is 0. The van der Waals surface area contributed by atoms with E-state index in [1.165, 1.54) is 4.31 Å². The second-order valence-electron chi connectivity index (χ2n) is 7.07. The summed E-state index contributed by atoms with van der Waals surface area (Å²) in [4.78, 5) is 14.5. The van der Waals surface area contributed by atoms with E-state index in [0.29, 0.717) is 45.8 Å². The minimum atomic E-state index is -3.27. The number of carbonyl (C=O) groups excluding carboxylic acids is 1. The smallest absolute Gasteiger partial charge is 0.228 e. The molecule has 0 unspecified atom stereocenters. The third-order valence-electron chi connectivity index (χ3n) is 4.70. The Morgan fingerprint density at radius 2 is 1.91 bits per heavy atom. The first kappa shape index (κ1) is 17.1. The molecule has 0 N–H and O–H groups in total. The minimum absolute atomic E-state index is 0.0870. The van der Waals surface area contributed by atoms with Gasteiger partial charge in [0.2, 0.25) is 15.9 Å². The number of sulfonamides is 1. The number of fused-ring (bicyclic) bond motifs is 2. The topological polar surface area (TPSA) is 76.2 Å². The fourth-order valence-electron chi connectivity index (χ4n) is 3.65. The van der Waals surface area contributed by atoms with E-state index in [0.717, 1.165) is 0 Å². The first-order valence-corrected chi connectivity index (χ1v) is 9.97. The van der Waals surface area contributed by atoms with Crippen molar-refractivity contribution in [2.75, 3.05) is 45.1 Å². The van der Waals surface area contributed by atoms with Crippen LogP contribution in [0.5, 0.6) is 0 Å². The summed E-state index contributed by atoms with van der Waals surface area (Å²) in [7, 11) is -3.27. The number of hydrogen-bond donors (Lipinski definition) is 0. The molecule has 132 valence electrons. The third-order valence-corrected chi connectivity index (χ3v) is 6.87. The molecule has 0 aromatic rings. The molecule has 0 aromatic carbocycles. The van der Waals surface area contributed by atoms with Gasteiger partial charge in [-0.1, -0.05) is 13.8 Å². The van der Waals surface area contributed by atoms with Gasteiger partial charge in [0.15, 0.2) is 0 Å². The van der Waals surface area contributed by atoms with Gasteiger partial charge in [0.05, 0.1) is 37.1 Å². The Labute approximate surface area is 138 Å². The maximum Gasteiger partial charge on any atom is 0.228 e. The Balaban J connectivity index is 1.67. The molecule has 0 spiro atoms. The average Bonchev–Trinajstić information content (AvgIpc) is 2.80. The van der Waals surface area contributed by atoms with Crippen LogP contribution in [0.4, 0.5) is 0 Å². The van der Waals surface area contributed by atoms with Crippen molar-refractivity contribution in [3.63, 3.8) is 0 Å². The maximum atomic E-state index is 12.7. The summed E-state index contributed by atoms with van der Waals surface area (Å²) in [6.45, 7) is 6.84. The van der Waals surface area contributed by atoms with Gasteiger partial charge >= 0.3 is 0 Å². The van der Waals surface area contributed by atoms with E-state index in [2.05, 4.69) is 0 Å². The molecule has 3 aliphatic rings. The van der Waals surface area contributed by atoms with E-state index < -0.39 is 10.0 Å². The SMILES string of the molecule is CC(C)CS(=O)(=O)N1C[C@H]2C[C@H](C(=O)N3CCOCC3)[C@@H](C1)O2. The average molecular weight is 346 g/mol. The monoisotopic (exact) mass is 346 g/mol. The fraction of sp³-hybridized carbons (Fsp3) is 0.933. The first-order valence-electron chi connectivity index (χ1n) is 8.36. The summed E-state index contributed by atoms with van der Waals surface area (Å²) in [5.74, 6) is 0.0988. The van der Waals surface area contributed by atoms with Crippen LogP contribution in [-0.4, -0.2) is 80.9 Å². The molecule has 0 radical (unpaired) electrons. The Morgan fingerprint density at radius 3 is 2.57 bits per heavy atom. The molecule has 3 fully saturated rings. The van der Waals surface area contributed by atoms with Crippen molar-refractivity contribution in [2.45, 2.75) is 32.5 Å². The van der Waals surface area contributed by atoms with E-state index in [9.17, 15) is 13.2 Å². The zero-order valence-corrected chi connectivity index (χ0v) is 14.6. The number of morpholine rings is 2. The van der Waals surface area contributed by atoms with Crippen molar-refractivity contribution < 1.29 is 22.7 Å². The summed E-state index contributed by atoms with van der Waals surface area (Å²) in [5, 5.41) is 0. The van der Waals surface area contributed by atoms with Crippen LogP contribution in [0.2, 0.25) is 0 Å². The standard InChI is InChI=1S/C15H26N2O5S/c1-11(2)10-23(19,20)17-8-12-7-13(14(9-17)22-12)15(18)16-3-5-21-6-4-16/h11-14H,3-10H2,1-2H3/t12-,13+,14-/m1/s1. The van der Waals surface area contributed by atoms with Gasteiger partial charge in [-0.05, 0) is 12.3 Å². The highest BCUT2D eigenvalue weighted by Crippen LogP contribution is 2.34. The molecule has 3 heterocycles. The van der Waals surface area contributed by atoms with Crippen molar-refractivity contribution in [1.29, 1.82) is 0 Å². The third kappa shape index (κ3) is 3.70. The molecule has 8 heteroatoms. The quantitative estimate of drug-likeness (QED) is 0.712. The summed E-state index contributed by atoms with van der Waals surface area (Å²) < 4.78 is 37.6. The highest BCUT2D eigenvalue weighted by molar-refractivity contribution is 7.89. The van der Waals surface area contributed by atoms with Crippen molar-refractivity contribution in [2.24, 2.45) is 11.8 Å². The van der Waals surface area contributed by atoms with Crippen molar-refractivity contribution in [1.82, 2.24) is 9.21 Å². The van der Waals surface area contributed by atoms with E-state index in [1.54, 1.807) is 0 Å². The molecule has 0 aromatic heterocycles. The predicted octanol–water partition coefficient (Wildman–Crippen LogP) is -0.0797. The lowest BCUT2D eigenvalue weighted by Gasteiger charge is -2.34. The normalized spacial score (nSPS) is 32.5. The van der Waals surface area contributed by atoms with Crippen LogP contribution in [0.3, 0.4) is 0 Å². The Bertz CT molecular complexity index is 544. The van der Waals surface area contributed by atoms with Gasteiger partial charge in [0.25, 0.3) is 0 Å². The van der Waals surface area contributed by atoms with Gasteiger partial charge in [0.1, 0.15) is 0 Å².